The van der Waals surface area contributed by atoms with Crippen molar-refractivity contribution in [2.24, 2.45) is 0 Å². The Hall–Kier alpha value is -3.03. The molecule has 0 aliphatic heterocycles. The molecule has 33 heavy (non-hydrogen) atoms. The summed E-state index contributed by atoms with van der Waals surface area (Å²) in [6.45, 7) is 3.94. The van der Waals surface area contributed by atoms with Crippen LogP contribution in [0.1, 0.15) is 55.1 Å². The van der Waals surface area contributed by atoms with E-state index in [0.29, 0.717) is 16.9 Å². The molecule has 1 aromatic heterocycles. The number of nitrogens with one attached hydrogen (secondary N) is 2. The maximum Gasteiger partial charge on any atom is 0.342 e. The van der Waals surface area contributed by atoms with Crippen LogP contribution >= 0.6 is 23.2 Å². The highest BCUT2D eigenvalue weighted by Gasteiger charge is 2.31. The lowest BCUT2D eigenvalue weighted by atomic mass is 10.1. The van der Waals surface area contributed by atoms with Gasteiger partial charge < -0.3 is 15.7 Å². The molecule has 1 aliphatic carbocycles. The van der Waals surface area contributed by atoms with Gasteiger partial charge in [0.1, 0.15) is 5.75 Å². The molecule has 1 heterocycles. The summed E-state index contributed by atoms with van der Waals surface area (Å²) in [7, 11) is 0. The molecule has 3 N–H and O–H groups in total. The molecule has 7 nitrogen and oxygen atoms in total. The molecule has 1 atom stereocenters. The van der Waals surface area contributed by atoms with Gasteiger partial charge in [-0.15, -0.1) is 0 Å². The van der Waals surface area contributed by atoms with Crippen LogP contribution in [0.4, 0.5) is 10.5 Å². The molecule has 2 amide bonds. The smallest absolute Gasteiger partial charge is 0.342 e. The van der Waals surface area contributed by atoms with Gasteiger partial charge in [0.15, 0.2) is 0 Å². The Bertz CT molecular complexity index is 1200. The Morgan fingerprint density at radius 2 is 1.88 bits per heavy atom. The van der Waals surface area contributed by atoms with Crippen LogP contribution in [-0.2, 0) is 0 Å². The molecule has 2 aromatic carbocycles. The van der Waals surface area contributed by atoms with Crippen molar-refractivity contribution in [2.45, 2.75) is 45.1 Å². The second-order valence-electron chi connectivity index (χ2n) is 8.18. The molecular formula is C24H24Cl2N4O3. The third-order valence-corrected chi connectivity index (χ3v) is 6.26. The van der Waals surface area contributed by atoms with Crippen LogP contribution in [0.3, 0.4) is 0 Å². The Morgan fingerprint density at radius 1 is 1.18 bits per heavy atom. The Kier molecular flexibility index (Phi) is 6.63. The van der Waals surface area contributed by atoms with Crippen LogP contribution in [0.15, 0.2) is 42.5 Å². The second-order valence-corrected chi connectivity index (χ2v) is 9.00. The van der Waals surface area contributed by atoms with E-state index in [-0.39, 0.29) is 39.3 Å². The van der Waals surface area contributed by atoms with Gasteiger partial charge >= 0.3 is 6.03 Å². The minimum atomic E-state index is -0.486. The molecule has 4 rings (SSSR count). The van der Waals surface area contributed by atoms with Gasteiger partial charge in [0.05, 0.1) is 27.0 Å². The van der Waals surface area contributed by atoms with Crippen LogP contribution in [0.2, 0.25) is 10.0 Å². The number of anilines is 1. The first-order chi connectivity index (χ1) is 15.8. The van der Waals surface area contributed by atoms with E-state index in [1.807, 2.05) is 19.9 Å². The molecule has 172 valence electrons. The first-order valence-electron chi connectivity index (χ1n) is 10.8. The van der Waals surface area contributed by atoms with E-state index in [2.05, 4.69) is 15.7 Å². The number of nitrogens with zero attached hydrogens (tertiary/aromatic N) is 2. The van der Waals surface area contributed by atoms with Gasteiger partial charge in [-0.3, -0.25) is 4.79 Å². The number of benzene rings is 2. The highest BCUT2D eigenvalue weighted by Crippen LogP contribution is 2.42. The predicted molar refractivity (Wildman–Crippen MR) is 129 cm³/mol. The number of carbonyl (C=O) groups excluding carboxylic acids is 2. The number of carbonyl (C=O) groups is 2. The summed E-state index contributed by atoms with van der Waals surface area (Å²) >= 11 is 12.2. The van der Waals surface area contributed by atoms with E-state index in [4.69, 9.17) is 23.2 Å². The minimum absolute atomic E-state index is 0.0279. The quantitative estimate of drug-likeness (QED) is 0.395. The number of aromatic hydroxyl groups is 1. The molecule has 0 bridgehead atoms. The number of hydrogen-bond acceptors (Lipinski definition) is 4. The van der Waals surface area contributed by atoms with E-state index >= 15 is 0 Å². The molecule has 1 aliphatic rings. The number of aromatic nitrogens is 2. The van der Waals surface area contributed by atoms with Gasteiger partial charge in [-0.2, -0.15) is 9.78 Å². The second kappa shape index (κ2) is 9.45. The molecule has 0 spiro atoms. The average molecular weight is 487 g/mol. The SMILES string of the molecule is CCC(C)NC(=O)n1nc(-c2ccc(NC(=O)c3c(Cl)cccc3Cl)cc2O)cc1C1CC1. The maximum atomic E-state index is 12.7. The molecule has 1 saturated carbocycles. The fraction of sp³-hybridized carbons (Fsp3) is 0.292. The average Bonchev–Trinajstić information content (AvgIpc) is 3.52. The summed E-state index contributed by atoms with van der Waals surface area (Å²) in [5, 5.41) is 21.2. The van der Waals surface area contributed by atoms with E-state index in [1.54, 1.807) is 30.3 Å². The fourth-order valence-electron chi connectivity index (χ4n) is 3.47. The van der Waals surface area contributed by atoms with Gasteiger partial charge in [0, 0.05) is 29.3 Å². The van der Waals surface area contributed by atoms with Gasteiger partial charge in [0.2, 0.25) is 0 Å². The highest BCUT2D eigenvalue weighted by molar-refractivity contribution is 6.40. The molecule has 1 unspecified atom stereocenters. The van der Waals surface area contributed by atoms with Gasteiger partial charge in [-0.1, -0.05) is 36.2 Å². The van der Waals surface area contributed by atoms with Crippen molar-refractivity contribution in [1.82, 2.24) is 15.1 Å². The summed E-state index contributed by atoms with van der Waals surface area (Å²) in [5.41, 5.74) is 2.30. The number of rotatable bonds is 6. The van der Waals surface area contributed by atoms with E-state index < -0.39 is 5.91 Å². The minimum Gasteiger partial charge on any atom is -0.507 e. The molecule has 1 fully saturated rings. The maximum absolute atomic E-state index is 12.7. The molecule has 0 radical (unpaired) electrons. The van der Waals surface area contributed by atoms with Crippen LogP contribution in [-0.4, -0.2) is 32.9 Å². The molecular weight excluding hydrogens is 463 g/mol. The lowest BCUT2D eigenvalue weighted by Crippen LogP contribution is -2.36. The van der Waals surface area contributed by atoms with Crippen molar-refractivity contribution in [3.63, 3.8) is 0 Å². The zero-order valence-corrected chi connectivity index (χ0v) is 19.7. The summed E-state index contributed by atoms with van der Waals surface area (Å²) in [6, 6.07) is 11.1. The number of halogens is 2. The predicted octanol–water partition coefficient (Wildman–Crippen LogP) is 6.05. The topological polar surface area (TPSA) is 96.3 Å². The van der Waals surface area contributed by atoms with Gasteiger partial charge in [-0.05, 0) is 56.5 Å². The first-order valence-corrected chi connectivity index (χ1v) is 11.5. The normalized spacial score (nSPS) is 14.1. The largest absolute Gasteiger partial charge is 0.507 e. The van der Waals surface area contributed by atoms with Crippen molar-refractivity contribution in [1.29, 1.82) is 0 Å². The number of amides is 2. The van der Waals surface area contributed by atoms with Crippen molar-refractivity contribution in [2.75, 3.05) is 5.32 Å². The lowest BCUT2D eigenvalue weighted by Gasteiger charge is -2.12. The monoisotopic (exact) mass is 486 g/mol. The first kappa shape index (κ1) is 23.1. The number of hydrogen-bond donors (Lipinski definition) is 3. The van der Waals surface area contributed by atoms with E-state index in [0.717, 1.165) is 25.0 Å². The molecule has 0 saturated heterocycles. The van der Waals surface area contributed by atoms with Crippen molar-refractivity contribution >= 4 is 40.8 Å². The number of phenols is 1. The van der Waals surface area contributed by atoms with Crippen LogP contribution < -0.4 is 10.6 Å². The molecule has 3 aromatic rings. The third-order valence-electron chi connectivity index (χ3n) is 5.63. The zero-order valence-electron chi connectivity index (χ0n) is 18.2. The van der Waals surface area contributed by atoms with Crippen molar-refractivity contribution in [3.8, 4) is 17.0 Å². The summed E-state index contributed by atoms with van der Waals surface area (Å²) in [4.78, 5) is 25.3. The zero-order chi connectivity index (χ0) is 23.7. The van der Waals surface area contributed by atoms with Crippen LogP contribution in [0.5, 0.6) is 5.75 Å². The van der Waals surface area contributed by atoms with Gasteiger partial charge in [0.25, 0.3) is 5.91 Å². The third kappa shape index (κ3) is 4.99. The molecule has 9 heteroatoms. The lowest BCUT2D eigenvalue weighted by molar-refractivity contribution is 0.102. The number of phenolic OH excluding ortho intramolecular Hbond substituents is 1. The fourth-order valence-corrected chi connectivity index (χ4v) is 4.04. The van der Waals surface area contributed by atoms with E-state index in [9.17, 15) is 14.7 Å². The van der Waals surface area contributed by atoms with Crippen molar-refractivity contribution in [3.05, 3.63) is 63.8 Å². The van der Waals surface area contributed by atoms with Crippen molar-refractivity contribution < 1.29 is 14.7 Å². The Labute approximate surface area is 201 Å². The standard InChI is InChI=1S/C24H24Cl2N4O3/c1-3-13(2)27-24(33)30-20(14-7-8-14)12-19(29-30)16-10-9-15(11-21(16)31)28-23(32)22-17(25)5-4-6-18(22)26/h4-6,9-14,31H,3,7-8H2,1-2H3,(H,27,33)(H,28,32). The summed E-state index contributed by atoms with van der Waals surface area (Å²) in [6.07, 6.45) is 2.82. The van der Waals surface area contributed by atoms with Crippen LogP contribution in [0.25, 0.3) is 11.3 Å². The Morgan fingerprint density at radius 3 is 2.48 bits per heavy atom. The van der Waals surface area contributed by atoms with Gasteiger partial charge in [-0.25, -0.2) is 4.79 Å². The Balaban J connectivity index is 1.59. The highest BCUT2D eigenvalue weighted by atomic mass is 35.5. The van der Waals surface area contributed by atoms with E-state index in [1.165, 1.54) is 10.7 Å². The summed E-state index contributed by atoms with van der Waals surface area (Å²) < 4.78 is 1.40. The summed E-state index contributed by atoms with van der Waals surface area (Å²) in [5.74, 6) is -0.276. The van der Waals surface area contributed by atoms with Crippen LogP contribution in [0, 0.1) is 0 Å².